The van der Waals surface area contributed by atoms with Crippen molar-refractivity contribution >= 4 is 11.9 Å². The number of hydrogen-bond acceptors (Lipinski definition) is 4. The Hall–Kier alpha value is -3.21. The Bertz CT molecular complexity index is 1040. The van der Waals surface area contributed by atoms with Gasteiger partial charge in [-0.05, 0) is 42.4 Å². The Kier molecular flexibility index (Phi) is 6.84. The Morgan fingerprint density at radius 3 is 2.34 bits per heavy atom. The quantitative estimate of drug-likeness (QED) is 0.593. The van der Waals surface area contributed by atoms with Crippen molar-refractivity contribution in [1.82, 2.24) is 15.3 Å². The predicted molar refractivity (Wildman–Crippen MR) is 130 cm³/mol. The fourth-order valence-electron chi connectivity index (χ4n) is 4.15. The Labute approximate surface area is 190 Å². The summed E-state index contributed by atoms with van der Waals surface area (Å²) in [5.41, 5.74) is 5.84. The lowest BCUT2D eigenvalue weighted by atomic mass is 9.96. The van der Waals surface area contributed by atoms with Gasteiger partial charge in [0.25, 0.3) is 0 Å². The van der Waals surface area contributed by atoms with Gasteiger partial charge in [0.15, 0.2) is 0 Å². The maximum Gasteiger partial charge on any atom is 0.225 e. The van der Waals surface area contributed by atoms with Crippen LogP contribution in [0.2, 0.25) is 0 Å². The summed E-state index contributed by atoms with van der Waals surface area (Å²) in [5.74, 6) is 1.46. The largest absolute Gasteiger partial charge is 0.352 e. The van der Waals surface area contributed by atoms with E-state index in [1.165, 1.54) is 11.1 Å². The van der Waals surface area contributed by atoms with Crippen molar-refractivity contribution in [2.45, 2.75) is 46.1 Å². The molecule has 0 bridgehead atoms. The van der Waals surface area contributed by atoms with Gasteiger partial charge in [0.2, 0.25) is 11.9 Å². The van der Waals surface area contributed by atoms with Crippen LogP contribution in [0.1, 0.15) is 49.3 Å². The number of aromatic nitrogens is 2. The highest BCUT2D eigenvalue weighted by Gasteiger charge is 2.26. The number of nitrogens with zero attached hydrogens (tertiary/aromatic N) is 3. The molecule has 0 aliphatic carbocycles. The molecule has 3 aromatic rings. The van der Waals surface area contributed by atoms with E-state index in [2.05, 4.69) is 89.5 Å². The van der Waals surface area contributed by atoms with E-state index in [0.29, 0.717) is 12.5 Å². The number of carbonyl (C=O) groups excluding carboxylic acids is 1. The summed E-state index contributed by atoms with van der Waals surface area (Å²) in [7, 11) is 0. The van der Waals surface area contributed by atoms with Crippen LogP contribution in [0.15, 0.2) is 60.9 Å². The molecule has 166 valence electrons. The topological polar surface area (TPSA) is 58.1 Å². The van der Waals surface area contributed by atoms with E-state index in [-0.39, 0.29) is 11.8 Å². The van der Waals surface area contributed by atoms with E-state index >= 15 is 0 Å². The molecule has 4 rings (SSSR count). The first kappa shape index (κ1) is 22.0. The van der Waals surface area contributed by atoms with Crippen molar-refractivity contribution in [3.05, 3.63) is 77.6 Å². The molecule has 0 unspecified atom stereocenters. The molecule has 0 saturated carbocycles. The van der Waals surface area contributed by atoms with Gasteiger partial charge >= 0.3 is 0 Å². The molecule has 1 saturated heterocycles. The molecule has 2 aromatic carbocycles. The van der Waals surface area contributed by atoms with E-state index in [1.54, 1.807) is 0 Å². The molecule has 1 amide bonds. The van der Waals surface area contributed by atoms with E-state index < -0.39 is 0 Å². The predicted octanol–water partition coefficient (Wildman–Crippen LogP) is 5.11. The van der Waals surface area contributed by atoms with Crippen LogP contribution in [0, 0.1) is 12.8 Å². The van der Waals surface area contributed by atoms with Crippen LogP contribution in [0.3, 0.4) is 0 Å². The molecular weight excluding hydrogens is 396 g/mol. The molecule has 1 aliphatic rings. The maximum atomic E-state index is 12.7. The van der Waals surface area contributed by atoms with Crippen molar-refractivity contribution < 1.29 is 4.79 Å². The molecule has 1 N–H and O–H groups in total. The third-order valence-electron chi connectivity index (χ3n) is 6.25. The minimum absolute atomic E-state index is 0.0488. The number of nitrogens with one attached hydrogen (secondary N) is 1. The van der Waals surface area contributed by atoms with Gasteiger partial charge in [-0.2, -0.15) is 0 Å². The molecule has 1 aliphatic heterocycles. The molecule has 0 spiro atoms. The zero-order valence-electron chi connectivity index (χ0n) is 19.2. The second-order valence-electron chi connectivity index (χ2n) is 9.02. The number of piperidine rings is 1. The number of anilines is 1. The number of carbonyl (C=O) groups is 1. The third kappa shape index (κ3) is 5.34. The normalized spacial score (nSPS) is 14.6. The minimum Gasteiger partial charge on any atom is -0.352 e. The smallest absolute Gasteiger partial charge is 0.225 e. The van der Waals surface area contributed by atoms with Crippen LogP contribution in [0.25, 0.3) is 11.1 Å². The SMILES string of the molecule is Cc1cccc(-c2cnc(N3CCC(C(=O)NCc4ccc(C(C)C)cc4)CC3)nc2)c1. The van der Waals surface area contributed by atoms with Crippen LogP contribution >= 0.6 is 0 Å². The summed E-state index contributed by atoms with van der Waals surface area (Å²) in [5, 5.41) is 3.11. The highest BCUT2D eigenvalue weighted by atomic mass is 16.1. The highest BCUT2D eigenvalue weighted by Crippen LogP contribution is 2.24. The van der Waals surface area contributed by atoms with E-state index in [1.807, 2.05) is 12.4 Å². The lowest BCUT2D eigenvalue weighted by molar-refractivity contribution is -0.125. The highest BCUT2D eigenvalue weighted by molar-refractivity contribution is 5.79. The van der Waals surface area contributed by atoms with Crippen LogP contribution in [0.5, 0.6) is 0 Å². The zero-order chi connectivity index (χ0) is 22.5. The van der Waals surface area contributed by atoms with Gasteiger partial charge in [-0.15, -0.1) is 0 Å². The molecule has 2 heterocycles. The Morgan fingerprint density at radius 1 is 1.03 bits per heavy atom. The second-order valence-corrected chi connectivity index (χ2v) is 9.02. The molecule has 32 heavy (non-hydrogen) atoms. The van der Waals surface area contributed by atoms with Crippen molar-refractivity contribution in [3.63, 3.8) is 0 Å². The van der Waals surface area contributed by atoms with E-state index in [9.17, 15) is 4.79 Å². The number of amides is 1. The first-order chi connectivity index (χ1) is 15.5. The third-order valence-corrected chi connectivity index (χ3v) is 6.25. The summed E-state index contributed by atoms with van der Waals surface area (Å²) >= 11 is 0. The van der Waals surface area contributed by atoms with Crippen LogP contribution < -0.4 is 10.2 Å². The number of aryl methyl sites for hydroxylation is 1. The molecule has 5 nitrogen and oxygen atoms in total. The van der Waals surface area contributed by atoms with Crippen molar-refractivity contribution in [1.29, 1.82) is 0 Å². The maximum absolute atomic E-state index is 12.7. The molecule has 1 aromatic heterocycles. The van der Waals surface area contributed by atoms with Gasteiger partial charge in [-0.1, -0.05) is 67.9 Å². The first-order valence-electron chi connectivity index (χ1n) is 11.5. The Balaban J connectivity index is 1.27. The summed E-state index contributed by atoms with van der Waals surface area (Å²) in [6, 6.07) is 16.9. The van der Waals surface area contributed by atoms with Gasteiger partial charge in [0, 0.05) is 43.5 Å². The fourth-order valence-corrected chi connectivity index (χ4v) is 4.15. The van der Waals surface area contributed by atoms with Gasteiger partial charge in [-0.25, -0.2) is 9.97 Å². The van der Waals surface area contributed by atoms with Gasteiger partial charge in [0.1, 0.15) is 0 Å². The monoisotopic (exact) mass is 428 g/mol. The molecule has 1 fully saturated rings. The lowest BCUT2D eigenvalue weighted by Gasteiger charge is -2.31. The first-order valence-corrected chi connectivity index (χ1v) is 11.5. The Morgan fingerprint density at radius 2 is 1.72 bits per heavy atom. The minimum atomic E-state index is 0.0488. The van der Waals surface area contributed by atoms with Crippen LogP contribution in [-0.2, 0) is 11.3 Å². The number of benzene rings is 2. The van der Waals surface area contributed by atoms with Crippen molar-refractivity contribution in [2.75, 3.05) is 18.0 Å². The van der Waals surface area contributed by atoms with Gasteiger partial charge in [0.05, 0.1) is 0 Å². The van der Waals surface area contributed by atoms with Gasteiger partial charge < -0.3 is 10.2 Å². The molecule has 5 heteroatoms. The second kappa shape index (κ2) is 9.94. The lowest BCUT2D eigenvalue weighted by Crippen LogP contribution is -2.41. The zero-order valence-corrected chi connectivity index (χ0v) is 19.2. The van der Waals surface area contributed by atoms with Crippen molar-refractivity contribution in [3.8, 4) is 11.1 Å². The average Bonchev–Trinajstić information content (AvgIpc) is 2.83. The molecule has 0 atom stereocenters. The number of hydrogen-bond donors (Lipinski definition) is 1. The fraction of sp³-hybridized carbons (Fsp3) is 0.370. The standard InChI is InChI=1S/C27H32N4O/c1-19(2)22-9-7-21(8-10-22)16-28-26(32)23-11-13-31(14-12-23)27-29-17-25(18-30-27)24-6-4-5-20(3)15-24/h4-10,15,17-19,23H,11-14,16H2,1-3H3,(H,28,32). The molecule has 0 radical (unpaired) electrons. The molecular formula is C27H32N4O. The van der Waals surface area contributed by atoms with Gasteiger partial charge in [-0.3, -0.25) is 4.79 Å². The average molecular weight is 429 g/mol. The summed E-state index contributed by atoms with van der Waals surface area (Å²) in [4.78, 5) is 24.0. The van der Waals surface area contributed by atoms with E-state index in [4.69, 9.17) is 0 Å². The summed E-state index contributed by atoms with van der Waals surface area (Å²) in [6.45, 7) is 8.64. The van der Waals surface area contributed by atoms with Crippen LogP contribution in [0.4, 0.5) is 5.95 Å². The summed E-state index contributed by atoms with van der Waals surface area (Å²) in [6.07, 6.45) is 5.42. The summed E-state index contributed by atoms with van der Waals surface area (Å²) < 4.78 is 0. The van der Waals surface area contributed by atoms with Crippen molar-refractivity contribution in [2.24, 2.45) is 5.92 Å². The van der Waals surface area contributed by atoms with E-state index in [0.717, 1.165) is 48.6 Å². The number of rotatable bonds is 6. The van der Waals surface area contributed by atoms with Crippen LogP contribution in [-0.4, -0.2) is 29.0 Å².